The maximum absolute atomic E-state index is 13.3. The number of halogens is 1. The summed E-state index contributed by atoms with van der Waals surface area (Å²) in [7, 11) is -4.03. The molecule has 8 nitrogen and oxygen atoms in total. The first-order valence-corrected chi connectivity index (χ1v) is 10.1. The summed E-state index contributed by atoms with van der Waals surface area (Å²) in [5.74, 6) is -1.85. The van der Waals surface area contributed by atoms with Crippen LogP contribution >= 0.6 is 0 Å². The number of rotatable bonds is 5. The first kappa shape index (κ1) is 20.0. The molecule has 1 aromatic heterocycles. The molecule has 0 bridgehead atoms. The molecule has 0 aliphatic carbocycles. The highest BCUT2D eigenvalue weighted by molar-refractivity contribution is 7.89. The number of hydrogen-bond donors (Lipinski definition) is 2. The number of fused-ring (bicyclic) bond motifs is 1. The highest BCUT2D eigenvalue weighted by atomic mass is 32.2. The van der Waals surface area contributed by atoms with Crippen molar-refractivity contribution in [2.75, 3.05) is 6.54 Å². The first-order valence-electron chi connectivity index (χ1n) is 8.63. The summed E-state index contributed by atoms with van der Waals surface area (Å²) >= 11 is 0. The van der Waals surface area contributed by atoms with E-state index in [0.29, 0.717) is 13.1 Å². The van der Waals surface area contributed by atoms with Gasteiger partial charge in [-0.3, -0.25) is 9.59 Å². The van der Waals surface area contributed by atoms with Crippen LogP contribution < -0.4 is 10.2 Å². The lowest BCUT2D eigenvalue weighted by atomic mass is 10.1. The molecule has 0 radical (unpaired) electrons. The zero-order valence-electron chi connectivity index (χ0n) is 15.3. The van der Waals surface area contributed by atoms with Gasteiger partial charge in [-0.2, -0.15) is 0 Å². The van der Waals surface area contributed by atoms with Gasteiger partial charge < -0.3 is 14.6 Å². The third-order valence-corrected chi connectivity index (χ3v) is 5.97. The van der Waals surface area contributed by atoms with Gasteiger partial charge in [0, 0.05) is 30.9 Å². The number of aromatic nitrogens is 1. The van der Waals surface area contributed by atoms with Crippen LogP contribution in [0.1, 0.15) is 30.0 Å². The lowest BCUT2D eigenvalue weighted by Crippen LogP contribution is -2.46. The van der Waals surface area contributed by atoms with E-state index in [4.69, 9.17) is 0 Å². The van der Waals surface area contributed by atoms with Crippen molar-refractivity contribution in [3.63, 3.8) is 0 Å². The average Bonchev–Trinajstić information content (AvgIpc) is 2.63. The van der Waals surface area contributed by atoms with E-state index in [0.717, 1.165) is 18.2 Å². The van der Waals surface area contributed by atoms with Crippen molar-refractivity contribution in [3.8, 4) is 5.75 Å². The second kappa shape index (κ2) is 7.36. The Morgan fingerprint density at radius 2 is 1.93 bits per heavy atom. The molecule has 0 unspecified atom stereocenters. The lowest BCUT2D eigenvalue weighted by molar-refractivity contribution is 0.0639. The van der Waals surface area contributed by atoms with Crippen molar-refractivity contribution in [2.24, 2.45) is 0 Å². The Kier molecular flexibility index (Phi) is 5.26. The third kappa shape index (κ3) is 3.65. The predicted molar refractivity (Wildman–Crippen MR) is 99.0 cm³/mol. The van der Waals surface area contributed by atoms with Crippen LogP contribution in [0.4, 0.5) is 4.39 Å². The van der Waals surface area contributed by atoms with Gasteiger partial charge in [0.2, 0.25) is 15.5 Å². The summed E-state index contributed by atoms with van der Waals surface area (Å²) in [6.45, 7) is 4.00. The molecule has 2 N–H and O–H groups in total. The van der Waals surface area contributed by atoms with Gasteiger partial charge in [0.05, 0.1) is 11.4 Å². The summed E-state index contributed by atoms with van der Waals surface area (Å²) in [6, 6.07) is 5.49. The van der Waals surface area contributed by atoms with Crippen molar-refractivity contribution in [1.29, 1.82) is 0 Å². The maximum Gasteiger partial charge on any atom is 0.274 e. The van der Waals surface area contributed by atoms with Gasteiger partial charge in [0.1, 0.15) is 5.82 Å². The molecule has 1 aromatic carbocycles. The Morgan fingerprint density at radius 3 is 2.57 bits per heavy atom. The summed E-state index contributed by atoms with van der Waals surface area (Å²) in [6.07, 6.45) is 0. The molecule has 3 rings (SSSR count). The SMILES string of the molecule is CC(C)N1CCn2c(CNS(=O)(=O)c3cccc(F)c3)cc(=O)c(O)c2C1=O. The van der Waals surface area contributed by atoms with Gasteiger partial charge in [-0.1, -0.05) is 6.07 Å². The molecule has 0 atom stereocenters. The third-order valence-electron chi connectivity index (χ3n) is 4.57. The number of nitrogens with zero attached hydrogens (tertiary/aromatic N) is 2. The van der Waals surface area contributed by atoms with Crippen LogP contribution in [-0.4, -0.2) is 41.5 Å². The first-order chi connectivity index (χ1) is 13.1. The zero-order chi connectivity index (χ0) is 20.6. The highest BCUT2D eigenvalue weighted by Gasteiger charge is 2.31. The molecule has 0 saturated carbocycles. The fourth-order valence-corrected chi connectivity index (χ4v) is 4.16. The van der Waals surface area contributed by atoms with E-state index in [9.17, 15) is 27.5 Å². The van der Waals surface area contributed by atoms with Gasteiger partial charge in [0.25, 0.3) is 5.91 Å². The molecule has 2 heterocycles. The van der Waals surface area contributed by atoms with Gasteiger partial charge in [-0.15, -0.1) is 0 Å². The van der Waals surface area contributed by atoms with E-state index in [1.807, 2.05) is 13.8 Å². The van der Waals surface area contributed by atoms with E-state index in [2.05, 4.69) is 4.72 Å². The number of amides is 1. The van der Waals surface area contributed by atoms with E-state index in [1.165, 1.54) is 21.6 Å². The lowest BCUT2D eigenvalue weighted by Gasteiger charge is -2.34. The van der Waals surface area contributed by atoms with E-state index in [-0.39, 0.29) is 28.9 Å². The number of carbonyl (C=O) groups is 1. The molecule has 28 heavy (non-hydrogen) atoms. The molecule has 150 valence electrons. The second-order valence-corrected chi connectivity index (χ2v) is 8.49. The van der Waals surface area contributed by atoms with Crippen molar-refractivity contribution < 1.29 is 22.7 Å². The van der Waals surface area contributed by atoms with Crippen molar-refractivity contribution >= 4 is 15.9 Å². The number of sulfonamides is 1. The van der Waals surface area contributed by atoms with Gasteiger partial charge in [0.15, 0.2) is 11.4 Å². The molecule has 0 fully saturated rings. The summed E-state index contributed by atoms with van der Waals surface area (Å²) < 4.78 is 41.8. The molecule has 1 amide bonds. The van der Waals surface area contributed by atoms with E-state index < -0.39 is 32.9 Å². The summed E-state index contributed by atoms with van der Waals surface area (Å²) in [5, 5.41) is 10.1. The largest absolute Gasteiger partial charge is 0.503 e. The van der Waals surface area contributed by atoms with E-state index >= 15 is 0 Å². The standard InChI is InChI=1S/C18H20FN3O5S/c1-11(2)21-6-7-22-13(9-15(23)17(24)16(22)18(21)25)10-20-28(26,27)14-5-3-4-12(19)8-14/h3-5,8-9,11,20,24H,6-7,10H2,1-2H3. The minimum absolute atomic E-state index is 0.120. The minimum Gasteiger partial charge on any atom is -0.503 e. The second-order valence-electron chi connectivity index (χ2n) is 6.72. The summed E-state index contributed by atoms with van der Waals surface area (Å²) in [5.41, 5.74) is -0.702. The molecular formula is C18H20FN3O5S. The summed E-state index contributed by atoms with van der Waals surface area (Å²) in [4.78, 5) is 26.0. The Hall–Kier alpha value is -2.72. The van der Waals surface area contributed by atoms with Crippen molar-refractivity contribution in [1.82, 2.24) is 14.2 Å². The Bertz CT molecular complexity index is 1090. The average molecular weight is 409 g/mol. The van der Waals surface area contributed by atoms with Crippen molar-refractivity contribution in [2.45, 2.75) is 37.9 Å². The number of aromatic hydroxyl groups is 1. The van der Waals surface area contributed by atoms with Crippen LogP contribution in [0, 0.1) is 5.82 Å². The normalized spacial score (nSPS) is 14.4. The number of carbonyl (C=O) groups excluding carboxylic acids is 1. The van der Waals surface area contributed by atoms with Crippen LogP contribution in [0.15, 0.2) is 40.0 Å². The molecule has 0 spiro atoms. The Morgan fingerprint density at radius 1 is 1.21 bits per heavy atom. The van der Waals surface area contributed by atoms with E-state index in [1.54, 1.807) is 0 Å². The molecule has 0 saturated heterocycles. The monoisotopic (exact) mass is 409 g/mol. The number of benzene rings is 1. The van der Waals surface area contributed by atoms with Crippen LogP contribution in [0.5, 0.6) is 5.75 Å². The highest BCUT2D eigenvalue weighted by Crippen LogP contribution is 2.23. The van der Waals surface area contributed by atoms with Crippen LogP contribution in [0.25, 0.3) is 0 Å². The molecule has 1 aliphatic heterocycles. The molecule has 2 aromatic rings. The quantitative estimate of drug-likeness (QED) is 0.767. The molecular weight excluding hydrogens is 389 g/mol. The fraction of sp³-hybridized carbons (Fsp3) is 0.333. The number of pyridine rings is 1. The van der Waals surface area contributed by atoms with Gasteiger partial charge in [-0.05, 0) is 32.0 Å². The topological polar surface area (TPSA) is 109 Å². The maximum atomic E-state index is 13.3. The van der Waals surface area contributed by atoms with Gasteiger partial charge in [-0.25, -0.2) is 17.5 Å². The van der Waals surface area contributed by atoms with Crippen LogP contribution in [0.3, 0.4) is 0 Å². The van der Waals surface area contributed by atoms with Crippen LogP contribution in [-0.2, 0) is 23.1 Å². The fourth-order valence-electron chi connectivity index (χ4n) is 3.13. The smallest absolute Gasteiger partial charge is 0.274 e. The Balaban J connectivity index is 1.95. The number of hydrogen-bond acceptors (Lipinski definition) is 5. The number of nitrogens with one attached hydrogen (secondary N) is 1. The zero-order valence-corrected chi connectivity index (χ0v) is 16.2. The van der Waals surface area contributed by atoms with Crippen molar-refractivity contribution in [3.05, 3.63) is 57.8 Å². The van der Waals surface area contributed by atoms with Crippen LogP contribution in [0.2, 0.25) is 0 Å². The molecule has 1 aliphatic rings. The predicted octanol–water partition coefficient (Wildman–Crippen LogP) is 1.04. The van der Waals surface area contributed by atoms with Gasteiger partial charge >= 0.3 is 0 Å². The Labute approximate surface area is 161 Å². The molecule has 10 heteroatoms. The minimum atomic E-state index is -4.03.